The third-order valence-electron chi connectivity index (χ3n) is 3.05. The van der Waals surface area contributed by atoms with Crippen LogP contribution in [0.5, 0.6) is 5.75 Å². The molecule has 1 aromatic carbocycles. The molecule has 0 amide bonds. The van der Waals surface area contributed by atoms with Gasteiger partial charge in [-0.15, -0.1) is 0 Å². The molecule has 0 saturated carbocycles. The second-order valence-corrected chi connectivity index (χ2v) is 5.67. The first-order valence-corrected chi connectivity index (χ1v) is 5.78. The van der Waals surface area contributed by atoms with Gasteiger partial charge in [0.2, 0.25) is 0 Å². The zero-order valence-electron chi connectivity index (χ0n) is 8.60. The average molecular weight is 255 g/mol. The van der Waals surface area contributed by atoms with Gasteiger partial charge in [-0.3, -0.25) is 0 Å². The van der Waals surface area contributed by atoms with Gasteiger partial charge in [0.15, 0.2) is 0 Å². The summed E-state index contributed by atoms with van der Waals surface area (Å²) >= 11 is 3.47. The van der Waals surface area contributed by atoms with Crippen molar-refractivity contribution >= 4 is 15.9 Å². The number of benzene rings is 1. The first-order chi connectivity index (χ1) is 6.49. The molecule has 1 aliphatic rings. The van der Waals surface area contributed by atoms with Gasteiger partial charge in [-0.05, 0) is 57.8 Å². The Morgan fingerprint density at radius 3 is 2.79 bits per heavy atom. The molecule has 1 N–H and O–H groups in total. The molecule has 1 aliphatic carbocycles. The maximum atomic E-state index is 9.60. The van der Waals surface area contributed by atoms with E-state index in [1.807, 2.05) is 6.07 Å². The number of aromatic hydroxyl groups is 1. The van der Waals surface area contributed by atoms with Crippen LogP contribution in [0.3, 0.4) is 0 Å². The second kappa shape index (κ2) is 3.27. The standard InChI is InChI=1S/C12H15BrO/c1-12(2)6-5-8-3-4-10(14)11(13)9(8)7-12/h3-4,14H,5-7H2,1-2H3. The number of halogens is 1. The highest BCUT2D eigenvalue weighted by atomic mass is 79.9. The Bertz CT molecular complexity index is 369. The second-order valence-electron chi connectivity index (χ2n) is 4.88. The Morgan fingerprint density at radius 1 is 1.36 bits per heavy atom. The first-order valence-electron chi connectivity index (χ1n) is 4.99. The summed E-state index contributed by atoms with van der Waals surface area (Å²) in [5.41, 5.74) is 3.04. The molecular formula is C12H15BrO. The predicted molar refractivity (Wildman–Crippen MR) is 61.6 cm³/mol. The SMILES string of the molecule is CC1(C)CCc2ccc(O)c(Br)c2C1. The lowest BCUT2D eigenvalue weighted by Gasteiger charge is -2.32. The van der Waals surface area contributed by atoms with Crippen molar-refractivity contribution in [2.75, 3.05) is 0 Å². The van der Waals surface area contributed by atoms with E-state index in [4.69, 9.17) is 0 Å². The minimum Gasteiger partial charge on any atom is -0.507 e. The normalized spacial score (nSPS) is 19.1. The lowest BCUT2D eigenvalue weighted by atomic mass is 9.74. The summed E-state index contributed by atoms with van der Waals surface area (Å²) in [6.45, 7) is 4.57. The predicted octanol–water partition coefficient (Wildman–Crippen LogP) is 3.67. The van der Waals surface area contributed by atoms with Crippen LogP contribution in [0.1, 0.15) is 31.4 Å². The maximum Gasteiger partial charge on any atom is 0.130 e. The van der Waals surface area contributed by atoms with E-state index in [9.17, 15) is 5.11 Å². The highest BCUT2D eigenvalue weighted by Gasteiger charge is 2.27. The fourth-order valence-corrected chi connectivity index (χ4v) is 2.64. The van der Waals surface area contributed by atoms with Gasteiger partial charge in [0, 0.05) is 0 Å². The molecule has 76 valence electrons. The van der Waals surface area contributed by atoms with Gasteiger partial charge in [-0.2, -0.15) is 0 Å². The van der Waals surface area contributed by atoms with Crippen LogP contribution in [0.15, 0.2) is 16.6 Å². The van der Waals surface area contributed by atoms with Crippen LogP contribution in [-0.4, -0.2) is 5.11 Å². The summed E-state index contributed by atoms with van der Waals surface area (Å²) in [6, 6.07) is 3.83. The van der Waals surface area contributed by atoms with E-state index in [2.05, 4.69) is 29.8 Å². The van der Waals surface area contributed by atoms with E-state index in [1.165, 1.54) is 17.5 Å². The monoisotopic (exact) mass is 254 g/mol. The molecule has 0 spiro atoms. The van der Waals surface area contributed by atoms with Crippen LogP contribution < -0.4 is 0 Å². The van der Waals surface area contributed by atoms with Crippen LogP contribution >= 0.6 is 15.9 Å². The summed E-state index contributed by atoms with van der Waals surface area (Å²) in [4.78, 5) is 0. The lowest BCUT2D eigenvalue weighted by molar-refractivity contribution is 0.313. The van der Waals surface area contributed by atoms with Crippen molar-refractivity contribution in [2.45, 2.75) is 33.1 Å². The minimum absolute atomic E-state index is 0.362. The van der Waals surface area contributed by atoms with Crippen LogP contribution in [0, 0.1) is 5.41 Å². The average Bonchev–Trinajstić information content (AvgIpc) is 2.11. The molecule has 1 nitrogen and oxygen atoms in total. The van der Waals surface area contributed by atoms with Gasteiger partial charge in [-0.25, -0.2) is 0 Å². The van der Waals surface area contributed by atoms with Crippen LogP contribution in [-0.2, 0) is 12.8 Å². The first kappa shape index (κ1) is 10.0. The summed E-state index contributed by atoms with van der Waals surface area (Å²) in [5.74, 6) is 0.362. The van der Waals surface area contributed by atoms with Gasteiger partial charge >= 0.3 is 0 Å². The van der Waals surface area contributed by atoms with Crippen molar-refractivity contribution in [3.05, 3.63) is 27.7 Å². The van der Waals surface area contributed by atoms with Crippen molar-refractivity contribution in [3.8, 4) is 5.75 Å². The van der Waals surface area contributed by atoms with Crippen molar-refractivity contribution in [1.29, 1.82) is 0 Å². The highest BCUT2D eigenvalue weighted by molar-refractivity contribution is 9.10. The van der Waals surface area contributed by atoms with Gasteiger partial charge < -0.3 is 5.11 Å². The molecule has 0 radical (unpaired) electrons. The number of fused-ring (bicyclic) bond motifs is 1. The number of phenols is 1. The zero-order valence-corrected chi connectivity index (χ0v) is 10.2. The molecule has 0 saturated heterocycles. The Labute approximate surface area is 93.3 Å². The van der Waals surface area contributed by atoms with Crippen molar-refractivity contribution in [1.82, 2.24) is 0 Å². The van der Waals surface area contributed by atoms with Crippen molar-refractivity contribution < 1.29 is 5.11 Å². The molecular weight excluding hydrogens is 240 g/mol. The smallest absolute Gasteiger partial charge is 0.130 e. The number of phenolic OH excluding ortho intramolecular Hbond substituents is 1. The highest BCUT2D eigenvalue weighted by Crippen LogP contribution is 2.40. The third-order valence-corrected chi connectivity index (χ3v) is 3.93. The van der Waals surface area contributed by atoms with Gasteiger partial charge in [0.1, 0.15) is 5.75 Å². The topological polar surface area (TPSA) is 20.2 Å². The Kier molecular flexibility index (Phi) is 2.34. The van der Waals surface area contributed by atoms with Crippen LogP contribution in [0.4, 0.5) is 0 Å². The zero-order chi connectivity index (χ0) is 10.3. The third kappa shape index (κ3) is 1.68. The largest absolute Gasteiger partial charge is 0.507 e. The van der Waals surface area contributed by atoms with E-state index >= 15 is 0 Å². The molecule has 0 heterocycles. The maximum absolute atomic E-state index is 9.60. The fourth-order valence-electron chi connectivity index (χ4n) is 2.11. The molecule has 0 bridgehead atoms. The molecule has 0 aromatic heterocycles. The van der Waals surface area contributed by atoms with E-state index in [0.717, 1.165) is 17.3 Å². The number of hydrogen-bond donors (Lipinski definition) is 1. The van der Waals surface area contributed by atoms with Gasteiger partial charge in [0.05, 0.1) is 4.47 Å². The van der Waals surface area contributed by atoms with E-state index < -0.39 is 0 Å². The van der Waals surface area contributed by atoms with E-state index in [0.29, 0.717) is 11.2 Å². The van der Waals surface area contributed by atoms with Crippen LogP contribution in [0.2, 0.25) is 0 Å². The number of aryl methyl sites for hydroxylation is 1. The molecule has 0 unspecified atom stereocenters. The Hall–Kier alpha value is -0.500. The quantitative estimate of drug-likeness (QED) is 0.749. The van der Waals surface area contributed by atoms with Gasteiger partial charge in [-0.1, -0.05) is 19.9 Å². The van der Waals surface area contributed by atoms with Gasteiger partial charge in [0.25, 0.3) is 0 Å². The molecule has 0 fully saturated rings. The molecule has 0 aliphatic heterocycles. The van der Waals surface area contributed by atoms with Crippen LogP contribution in [0.25, 0.3) is 0 Å². The molecule has 2 rings (SSSR count). The summed E-state index contributed by atoms with van der Waals surface area (Å²) < 4.78 is 0.891. The summed E-state index contributed by atoms with van der Waals surface area (Å²) in [5, 5.41) is 9.60. The number of rotatable bonds is 0. The van der Waals surface area contributed by atoms with Crippen molar-refractivity contribution in [3.63, 3.8) is 0 Å². The van der Waals surface area contributed by atoms with Crippen molar-refractivity contribution in [2.24, 2.45) is 5.41 Å². The molecule has 1 aromatic rings. The minimum atomic E-state index is 0.362. The molecule has 14 heavy (non-hydrogen) atoms. The Morgan fingerprint density at radius 2 is 2.07 bits per heavy atom. The Balaban J connectivity index is 2.49. The van der Waals surface area contributed by atoms with E-state index in [-0.39, 0.29) is 0 Å². The summed E-state index contributed by atoms with van der Waals surface area (Å²) in [6.07, 6.45) is 3.41. The fraction of sp³-hybridized carbons (Fsp3) is 0.500. The number of hydrogen-bond acceptors (Lipinski definition) is 1. The lowest BCUT2D eigenvalue weighted by Crippen LogP contribution is -2.22. The van der Waals surface area contributed by atoms with E-state index in [1.54, 1.807) is 6.07 Å². The molecule has 0 atom stereocenters. The summed E-state index contributed by atoms with van der Waals surface area (Å²) in [7, 11) is 0. The molecule has 2 heteroatoms.